The minimum Gasteiger partial charge on any atom is -0.497 e. The van der Waals surface area contributed by atoms with Gasteiger partial charge in [0.05, 0.1) is 49.8 Å². The third-order valence-electron chi connectivity index (χ3n) is 20.5. The minimum atomic E-state index is -2.42. The van der Waals surface area contributed by atoms with Gasteiger partial charge in [-0.1, -0.05) is 66.7 Å². The molecule has 1 spiro atoms. The van der Waals surface area contributed by atoms with Gasteiger partial charge >= 0.3 is 0 Å². The molecular formula is C95H74N4O7S5. The molecule has 0 aliphatic carbocycles. The lowest BCUT2D eigenvalue weighted by atomic mass is 10.0. The van der Waals surface area contributed by atoms with Gasteiger partial charge in [-0.15, -0.1) is 55.4 Å². The molecule has 0 bridgehead atoms. The van der Waals surface area contributed by atoms with E-state index in [4.69, 9.17) is 33.2 Å². The van der Waals surface area contributed by atoms with Crippen LogP contribution in [0.3, 0.4) is 0 Å². The summed E-state index contributed by atoms with van der Waals surface area (Å²) in [5.41, 5.74) is 17.6. The molecule has 11 nitrogen and oxygen atoms in total. The molecule has 546 valence electrons. The Bertz CT molecular complexity index is 5460. The molecule has 4 aromatic heterocycles. The van der Waals surface area contributed by atoms with Crippen LogP contribution in [0.4, 0.5) is 65.5 Å². The van der Waals surface area contributed by atoms with E-state index in [1.165, 1.54) is 41.8 Å². The average molecular weight is 1540 g/mol. The van der Waals surface area contributed by atoms with E-state index in [0.29, 0.717) is 0 Å². The highest BCUT2D eigenvalue weighted by Crippen LogP contribution is 2.86. The van der Waals surface area contributed by atoms with Crippen molar-refractivity contribution in [3.05, 3.63) is 322 Å². The number of para-hydroxylation sites is 1. The molecule has 6 heterocycles. The lowest BCUT2D eigenvalue weighted by Gasteiger charge is -2.37. The highest BCUT2D eigenvalue weighted by atomic mass is 32.3. The number of ether oxygens (including phenoxy) is 7. The zero-order valence-corrected chi connectivity index (χ0v) is 65.9. The fourth-order valence-electron chi connectivity index (χ4n) is 15.0. The number of rotatable bonds is 23. The smallest absolute Gasteiger partial charge is 0.119 e. The summed E-state index contributed by atoms with van der Waals surface area (Å²) < 4.78 is 39.8. The molecule has 0 saturated heterocycles. The van der Waals surface area contributed by atoms with E-state index in [9.17, 15) is 0 Å². The average Bonchev–Trinajstić information content (AvgIpc) is 1.50. The maximum atomic E-state index is 5.68. The molecule has 18 rings (SSSR count). The van der Waals surface area contributed by atoms with Crippen molar-refractivity contribution in [3.63, 3.8) is 0 Å². The van der Waals surface area contributed by atoms with Crippen molar-refractivity contribution in [2.45, 2.75) is 19.6 Å². The Labute approximate surface area is 663 Å². The van der Waals surface area contributed by atoms with Crippen LogP contribution in [0.1, 0.15) is 0 Å². The van der Waals surface area contributed by atoms with Crippen molar-refractivity contribution in [1.29, 1.82) is 0 Å². The van der Waals surface area contributed by atoms with E-state index in [0.717, 1.165) is 148 Å². The maximum absolute atomic E-state index is 5.68. The van der Waals surface area contributed by atoms with Crippen molar-refractivity contribution < 1.29 is 33.2 Å². The zero-order chi connectivity index (χ0) is 75.3. The van der Waals surface area contributed by atoms with Crippen LogP contribution in [-0.4, -0.2) is 49.8 Å². The molecule has 16 heteroatoms. The number of methoxy groups -OCH3 is 7. The fourth-order valence-corrected chi connectivity index (χ4v) is 23.9. The Morgan fingerprint density at radius 3 is 0.577 bits per heavy atom. The van der Waals surface area contributed by atoms with Gasteiger partial charge in [0.15, 0.2) is 0 Å². The van der Waals surface area contributed by atoms with Crippen LogP contribution in [-0.2, 0) is 0 Å². The van der Waals surface area contributed by atoms with Crippen LogP contribution in [0.15, 0.2) is 341 Å². The number of hydrogen-bond acceptors (Lipinski definition) is 15. The molecule has 0 saturated carbocycles. The van der Waals surface area contributed by atoms with Crippen LogP contribution < -0.4 is 52.8 Å². The van der Waals surface area contributed by atoms with E-state index < -0.39 is 10.0 Å². The topological polar surface area (TPSA) is 77.6 Å². The summed E-state index contributed by atoms with van der Waals surface area (Å²) in [5.74, 6) is 5.55. The molecule has 0 N–H and O–H groups in total. The first kappa shape index (κ1) is 70.3. The quantitative estimate of drug-likeness (QED) is 0.0614. The molecule has 111 heavy (non-hydrogen) atoms. The lowest BCUT2D eigenvalue weighted by molar-refractivity contribution is 0.414. The van der Waals surface area contributed by atoms with Crippen LogP contribution in [0.2, 0.25) is 0 Å². The van der Waals surface area contributed by atoms with Gasteiger partial charge in [0.25, 0.3) is 0 Å². The van der Waals surface area contributed by atoms with Gasteiger partial charge in [0.1, 0.15) is 60.3 Å². The van der Waals surface area contributed by atoms with Crippen molar-refractivity contribution in [3.8, 4) is 104 Å². The van der Waals surface area contributed by atoms with Crippen molar-refractivity contribution >= 4 is 121 Å². The van der Waals surface area contributed by atoms with Crippen molar-refractivity contribution in [2.75, 3.05) is 69.4 Å². The number of benzene rings is 12. The second kappa shape index (κ2) is 29.9. The number of hydrogen-bond donors (Lipinski definition) is 0. The van der Waals surface area contributed by atoms with Gasteiger partial charge < -0.3 is 52.8 Å². The maximum Gasteiger partial charge on any atom is 0.119 e. The monoisotopic (exact) mass is 1540 g/mol. The second-order valence-corrected chi connectivity index (χ2v) is 33.8. The Hall–Kier alpha value is -12.4. The van der Waals surface area contributed by atoms with E-state index in [-0.39, 0.29) is 0 Å². The third-order valence-corrected chi connectivity index (χ3v) is 29.0. The lowest BCUT2D eigenvalue weighted by Crippen LogP contribution is -2.08. The molecule has 16 aromatic rings. The summed E-state index contributed by atoms with van der Waals surface area (Å²) in [6.45, 7) is 0. The molecule has 0 atom stereocenters. The van der Waals surface area contributed by atoms with Crippen LogP contribution in [0, 0.1) is 0 Å². The number of thiophene rings is 4. The normalized spacial score (nSPS) is 12.3. The molecule has 12 aromatic carbocycles. The molecule has 2 aliphatic heterocycles. The summed E-state index contributed by atoms with van der Waals surface area (Å²) in [4.78, 5) is 19.1. The van der Waals surface area contributed by atoms with Gasteiger partial charge in [0, 0.05) is 84.6 Å². The zero-order valence-electron chi connectivity index (χ0n) is 61.8. The van der Waals surface area contributed by atoms with Crippen LogP contribution >= 0.6 is 55.4 Å². The first-order valence-electron chi connectivity index (χ1n) is 36.2. The highest BCUT2D eigenvalue weighted by Gasteiger charge is 2.49. The standard InChI is InChI=1S/C95H74N4O7S5/c1-100-73-31-17-66(18-32-73)96(65-11-9-8-10-12-65)92-53-49-84(107-92)61-13-45-80-81-46-14-62(85-50-54-93(108-85)97(67-19-33-74(101-2)34-20-67)68-21-35-75(102-3)36-22-68)58-89(81)111(88(80)57-61)90-59-63(86-51-55-94(109-86)98(69-23-37-76(103-4)38-24-69)70-25-39-77(104-5)40-26-70)15-47-82(90)83-48-16-64(60-91(83)111)87-52-56-95(110-87)99(71-27-41-78(105-6)42-28-71)72-29-43-79(106-7)44-30-72/h8-60H,1-7H3. The largest absolute Gasteiger partial charge is 0.497 e. The summed E-state index contributed by atoms with van der Waals surface area (Å²) in [6.07, 6.45) is 0. The summed E-state index contributed by atoms with van der Waals surface area (Å²) in [5, 5.41) is 4.29. The second-order valence-electron chi connectivity index (χ2n) is 26.6. The third kappa shape index (κ3) is 12.8. The summed E-state index contributed by atoms with van der Waals surface area (Å²) >= 11 is 7.14. The van der Waals surface area contributed by atoms with Crippen molar-refractivity contribution in [1.82, 2.24) is 0 Å². The summed E-state index contributed by atoms with van der Waals surface area (Å²) in [6, 6.07) is 116. The molecule has 0 amide bonds. The van der Waals surface area contributed by atoms with Gasteiger partial charge in [-0.2, -0.15) is 0 Å². The molecule has 0 fully saturated rings. The predicted octanol–water partition coefficient (Wildman–Crippen LogP) is 27.8. The molecule has 0 radical (unpaired) electrons. The van der Waals surface area contributed by atoms with E-state index in [2.05, 4.69) is 256 Å². The van der Waals surface area contributed by atoms with Gasteiger partial charge in [-0.25, -0.2) is 0 Å². The fraction of sp³-hybridized carbons (Fsp3) is 0.0737. The number of anilines is 12. The van der Waals surface area contributed by atoms with Gasteiger partial charge in [-0.05, 0) is 299 Å². The molecule has 0 unspecified atom stereocenters. The Balaban J connectivity index is 0.846. The van der Waals surface area contributed by atoms with Crippen LogP contribution in [0.25, 0.3) is 64.0 Å². The molecular weight excluding hydrogens is 1470 g/mol. The SMILES string of the molecule is COc1ccc(N(c2ccccc2)c2ccc(-c3ccc4c(c3)S3(c5cc(-c6ccc(N(c7ccc(OC)cc7)c7ccc(OC)cc7)s6)ccc5-4)c4cc(-c5ccc(N(c6ccc(OC)cc6)c6ccc(OC)cc6)s5)ccc4-c4ccc(-c5ccc(N(c6ccc(OC)cc6)c6ccc(OC)cc6)s5)cc43)s2)cc1. The Morgan fingerprint density at radius 1 is 0.198 bits per heavy atom. The van der Waals surface area contributed by atoms with Crippen molar-refractivity contribution in [2.24, 2.45) is 0 Å². The summed E-state index contributed by atoms with van der Waals surface area (Å²) in [7, 11) is 9.53. The number of fused-ring (bicyclic) bond motifs is 10. The van der Waals surface area contributed by atoms with E-state index >= 15 is 0 Å². The Kier molecular flexibility index (Phi) is 18.9. The minimum absolute atomic E-state index is 0.791. The van der Waals surface area contributed by atoms with Crippen LogP contribution in [0.5, 0.6) is 40.2 Å². The van der Waals surface area contributed by atoms with E-state index in [1.54, 1.807) is 95.1 Å². The predicted molar refractivity (Wildman–Crippen MR) is 462 cm³/mol. The van der Waals surface area contributed by atoms with E-state index in [1.807, 2.05) is 84.9 Å². The molecule has 2 aliphatic rings. The first-order valence-corrected chi connectivity index (χ1v) is 41.1. The van der Waals surface area contributed by atoms with Gasteiger partial charge in [0.2, 0.25) is 0 Å². The van der Waals surface area contributed by atoms with Gasteiger partial charge in [-0.3, -0.25) is 0 Å². The highest BCUT2D eigenvalue weighted by molar-refractivity contribution is 8.34. The Morgan fingerprint density at radius 2 is 0.387 bits per heavy atom. The first-order chi connectivity index (χ1) is 54.6. The number of nitrogens with zero attached hydrogens (tertiary/aromatic N) is 4.